The van der Waals surface area contributed by atoms with Crippen LogP contribution in [0.5, 0.6) is 5.75 Å². The first-order valence-electron chi connectivity index (χ1n) is 7.35. The van der Waals surface area contributed by atoms with Crippen LogP contribution in [0.2, 0.25) is 5.02 Å². The van der Waals surface area contributed by atoms with E-state index >= 15 is 0 Å². The van der Waals surface area contributed by atoms with E-state index in [2.05, 4.69) is 14.9 Å². The summed E-state index contributed by atoms with van der Waals surface area (Å²) in [6.45, 7) is 0.277. The summed E-state index contributed by atoms with van der Waals surface area (Å²) in [5.74, 6) is 1.54. The number of H-pyrrole nitrogens is 1. The summed E-state index contributed by atoms with van der Waals surface area (Å²) in [6.07, 6.45) is 2.15. The predicted octanol–water partition coefficient (Wildman–Crippen LogP) is 1.44. The number of nitrogens with one attached hydrogen (secondary N) is 2. The van der Waals surface area contributed by atoms with Gasteiger partial charge in [0.1, 0.15) is 12.4 Å². The molecule has 0 saturated heterocycles. The van der Waals surface area contributed by atoms with E-state index in [4.69, 9.17) is 20.9 Å². The van der Waals surface area contributed by atoms with Crippen molar-refractivity contribution in [2.24, 2.45) is 7.05 Å². The molecule has 10 heteroatoms. The van der Waals surface area contributed by atoms with Gasteiger partial charge in [-0.2, -0.15) is 5.10 Å². The second-order valence-corrected chi connectivity index (χ2v) is 6.81. The van der Waals surface area contributed by atoms with E-state index in [0.29, 0.717) is 28.1 Å². The van der Waals surface area contributed by atoms with Gasteiger partial charge in [0.15, 0.2) is 5.82 Å². The molecule has 3 rings (SSSR count). The molecule has 130 valence electrons. The van der Waals surface area contributed by atoms with Gasteiger partial charge in [-0.05, 0) is 42.0 Å². The maximum atomic E-state index is 11.4. The van der Waals surface area contributed by atoms with Crippen LogP contribution in [0.1, 0.15) is 35.7 Å². The number of nitrogens with zero attached hydrogens (tertiary/aromatic N) is 2. The predicted molar refractivity (Wildman–Crippen MR) is 89.2 cm³/mol. The average molecular weight is 373 g/mol. The number of aromatic amines is 1. The number of hydrogen-bond acceptors (Lipinski definition) is 4. The molecule has 0 spiro atoms. The fraction of sp³-hybridized carbons (Fsp3) is 0.429. The number of aromatic nitrogens is 3. The summed E-state index contributed by atoms with van der Waals surface area (Å²) in [5, 5.41) is 6.79. The van der Waals surface area contributed by atoms with Crippen LogP contribution >= 0.6 is 11.6 Å². The van der Waals surface area contributed by atoms with Crippen molar-refractivity contribution in [3.8, 4) is 5.75 Å². The van der Waals surface area contributed by atoms with Crippen molar-refractivity contribution in [1.82, 2.24) is 19.5 Å². The molecule has 0 radical (unpaired) electrons. The van der Waals surface area contributed by atoms with E-state index in [1.165, 1.54) is 4.57 Å². The Morgan fingerprint density at radius 1 is 1.54 bits per heavy atom. The van der Waals surface area contributed by atoms with Crippen molar-refractivity contribution in [2.75, 3.05) is 0 Å². The highest BCUT2D eigenvalue weighted by molar-refractivity contribution is 7.77. The quantitative estimate of drug-likeness (QED) is 0.637. The summed E-state index contributed by atoms with van der Waals surface area (Å²) < 4.78 is 29.3. The summed E-state index contributed by atoms with van der Waals surface area (Å²) in [5.41, 5.74) is 1.37. The molecule has 8 nitrogen and oxygen atoms in total. The highest BCUT2D eigenvalue weighted by atomic mass is 35.5. The van der Waals surface area contributed by atoms with Gasteiger partial charge in [-0.25, -0.2) is 18.8 Å². The molecule has 1 aromatic heterocycles. The van der Waals surface area contributed by atoms with Gasteiger partial charge in [0.2, 0.25) is 11.3 Å². The molecule has 3 N–H and O–H groups in total. The van der Waals surface area contributed by atoms with Crippen LogP contribution in [0.25, 0.3) is 0 Å². The topological polar surface area (TPSA) is 109 Å². The van der Waals surface area contributed by atoms with Crippen LogP contribution in [0.3, 0.4) is 0 Å². The van der Waals surface area contributed by atoms with E-state index in [9.17, 15) is 9.00 Å². The van der Waals surface area contributed by atoms with E-state index in [1.54, 1.807) is 13.1 Å². The third-order valence-corrected chi connectivity index (χ3v) is 4.65. The van der Waals surface area contributed by atoms with Gasteiger partial charge in [0, 0.05) is 18.6 Å². The van der Waals surface area contributed by atoms with Gasteiger partial charge < -0.3 is 4.74 Å². The number of halogens is 1. The number of benzene rings is 1. The summed E-state index contributed by atoms with van der Waals surface area (Å²) in [6, 6.07) is 3.61. The molecule has 1 fully saturated rings. The Morgan fingerprint density at radius 3 is 2.88 bits per heavy atom. The SMILES string of the molecule is Cn1c(COc2cc(CNS(=O)O)c(Cl)cc2C2CC2)n[nH]c1=O. The maximum Gasteiger partial charge on any atom is 0.343 e. The number of hydrogen-bond donors (Lipinski definition) is 3. The molecule has 1 unspecified atom stereocenters. The van der Waals surface area contributed by atoms with Crippen LogP contribution in [0, 0.1) is 0 Å². The Hall–Kier alpha value is -1.68. The fourth-order valence-electron chi connectivity index (χ4n) is 2.38. The molecule has 0 bridgehead atoms. The first kappa shape index (κ1) is 17.2. The minimum Gasteiger partial charge on any atom is -0.485 e. The van der Waals surface area contributed by atoms with Crippen molar-refractivity contribution in [1.29, 1.82) is 0 Å². The van der Waals surface area contributed by atoms with Crippen molar-refractivity contribution in [2.45, 2.75) is 31.9 Å². The molecule has 1 saturated carbocycles. The van der Waals surface area contributed by atoms with Crippen molar-refractivity contribution >= 4 is 22.9 Å². The molecule has 1 aliphatic rings. The van der Waals surface area contributed by atoms with E-state index in [1.807, 2.05) is 6.07 Å². The summed E-state index contributed by atoms with van der Waals surface area (Å²) >= 11 is 4.15. The first-order valence-corrected chi connectivity index (χ1v) is 8.84. The number of ether oxygens (including phenoxy) is 1. The zero-order chi connectivity index (χ0) is 17.3. The third-order valence-electron chi connectivity index (χ3n) is 3.91. The fourth-order valence-corrected chi connectivity index (χ4v) is 2.89. The van der Waals surface area contributed by atoms with E-state index < -0.39 is 11.3 Å². The second kappa shape index (κ2) is 7.06. The van der Waals surface area contributed by atoms with Crippen molar-refractivity contribution in [3.05, 3.63) is 44.6 Å². The Kier molecular flexibility index (Phi) is 5.04. The number of rotatable bonds is 7. The first-order chi connectivity index (χ1) is 11.5. The summed E-state index contributed by atoms with van der Waals surface area (Å²) in [4.78, 5) is 11.4. The van der Waals surface area contributed by atoms with Gasteiger partial charge in [0.05, 0.1) is 0 Å². The lowest BCUT2D eigenvalue weighted by Crippen LogP contribution is -2.16. The largest absolute Gasteiger partial charge is 0.485 e. The lowest BCUT2D eigenvalue weighted by Gasteiger charge is -2.14. The molecule has 1 aliphatic carbocycles. The molecule has 1 heterocycles. The molecular weight excluding hydrogens is 356 g/mol. The molecule has 0 amide bonds. The smallest absolute Gasteiger partial charge is 0.343 e. The Morgan fingerprint density at radius 2 is 2.29 bits per heavy atom. The zero-order valence-corrected chi connectivity index (χ0v) is 14.5. The standard InChI is InChI=1S/C14H17ClN4O4S/c1-19-13(17-18-14(19)20)7-23-12-4-9(6-16-24(21)22)11(15)5-10(12)8-2-3-8/h4-5,8,16H,2-3,6-7H2,1H3,(H,18,20)(H,21,22). The third kappa shape index (κ3) is 3.86. The van der Waals surface area contributed by atoms with Crippen LogP contribution in [0.4, 0.5) is 0 Å². The normalized spacial score (nSPS) is 15.5. The lowest BCUT2D eigenvalue weighted by molar-refractivity contribution is 0.287. The molecule has 24 heavy (non-hydrogen) atoms. The minimum atomic E-state index is -2.12. The highest BCUT2D eigenvalue weighted by Crippen LogP contribution is 2.46. The van der Waals surface area contributed by atoms with Crippen LogP contribution in [-0.4, -0.2) is 23.5 Å². The van der Waals surface area contributed by atoms with Gasteiger partial charge in [-0.1, -0.05) is 11.6 Å². The van der Waals surface area contributed by atoms with Gasteiger partial charge in [-0.3, -0.25) is 9.12 Å². The molecule has 0 aliphatic heterocycles. The van der Waals surface area contributed by atoms with Crippen molar-refractivity contribution in [3.63, 3.8) is 0 Å². The monoisotopic (exact) mass is 372 g/mol. The molecule has 1 atom stereocenters. The Bertz CT molecular complexity index is 831. The lowest BCUT2D eigenvalue weighted by atomic mass is 10.1. The van der Waals surface area contributed by atoms with Crippen LogP contribution in [-0.2, 0) is 31.5 Å². The molecule has 1 aromatic carbocycles. The van der Waals surface area contributed by atoms with Crippen LogP contribution < -0.4 is 15.1 Å². The Labute approximate surface area is 145 Å². The minimum absolute atomic E-state index is 0.134. The summed E-state index contributed by atoms with van der Waals surface area (Å²) in [7, 11) is 1.61. The average Bonchev–Trinajstić information content (AvgIpc) is 3.33. The molecular formula is C14H17ClN4O4S. The van der Waals surface area contributed by atoms with Gasteiger partial charge in [-0.15, -0.1) is 0 Å². The maximum absolute atomic E-state index is 11.4. The van der Waals surface area contributed by atoms with Crippen LogP contribution in [0.15, 0.2) is 16.9 Å². The zero-order valence-electron chi connectivity index (χ0n) is 12.9. The van der Waals surface area contributed by atoms with E-state index in [-0.39, 0.29) is 18.8 Å². The van der Waals surface area contributed by atoms with E-state index in [0.717, 1.165) is 18.4 Å². The molecule has 2 aromatic rings. The van der Waals surface area contributed by atoms with Crippen molar-refractivity contribution < 1.29 is 13.5 Å². The second-order valence-electron chi connectivity index (χ2n) is 5.62. The highest BCUT2D eigenvalue weighted by Gasteiger charge is 2.28. The van der Waals surface area contributed by atoms with Gasteiger partial charge >= 0.3 is 5.69 Å². The van der Waals surface area contributed by atoms with Gasteiger partial charge in [0.25, 0.3) is 0 Å². The Balaban J connectivity index is 1.83.